The molecule has 0 radical (unpaired) electrons. The summed E-state index contributed by atoms with van der Waals surface area (Å²) in [5.41, 5.74) is 2.87. The lowest BCUT2D eigenvalue weighted by atomic mass is 10.0. The smallest absolute Gasteiger partial charge is 0.325 e. The molecule has 1 aliphatic rings. The highest BCUT2D eigenvalue weighted by atomic mass is 35.5. The summed E-state index contributed by atoms with van der Waals surface area (Å²) < 4.78 is 0. The number of para-hydroxylation sites is 1. The quantitative estimate of drug-likeness (QED) is 0.735. The number of piperazine rings is 1. The largest absolute Gasteiger partial charge is 0.480 e. The summed E-state index contributed by atoms with van der Waals surface area (Å²) in [7, 11) is 0. The number of aromatic nitrogens is 1. The molecule has 26 heavy (non-hydrogen) atoms. The lowest BCUT2D eigenvalue weighted by Gasteiger charge is -2.38. The summed E-state index contributed by atoms with van der Waals surface area (Å²) in [6.07, 6.45) is 1.83. The van der Waals surface area contributed by atoms with Gasteiger partial charge in [0.1, 0.15) is 6.04 Å². The van der Waals surface area contributed by atoms with Crippen LogP contribution in [0.2, 0.25) is 5.02 Å². The number of hydrogen-bond donors (Lipinski definition) is 2. The van der Waals surface area contributed by atoms with Crippen LogP contribution in [0.4, 0.5) is 5.69 Å². The number of aromatic amines is 1. The molecule has 0 bridgehead atoms. The fraction of sp³-hybridized carbons (Fsp3) is 0.250. The van der Waals surface area contributed by atoms with E-state index in [0.717, 1.165) is 35.2 Å². The number of nitrogens with zero attached hydrogens (tertiary/aromatic N) is 2. The minimum Gasteiger partial charge on any atom is -0.480 e. The van der Waals surface area contributed by atoms with Gasteiger partial charge in [0.25, 0.3) is 0 Å². The van der Waals surface area contributed by atoms with E-state index in [1.54, 1.807) is 0 Å². The van der Waals surface area contributed by atoms with Crippen molar-refractivity contribution in [2.75, 3.05) is 31.1 Å². The molecule has 1 aromatic heterocycles. The molecule has 2 heterocycles. The molecule has 0 saturated carbocycles. The summed E-state index contributed by atoms with van der Waals surface area (Å²) in [6.45, 7) is 2.91. The van der Waals surface area contributed by atoms with Crippen molar-refractivity contribution >= 4 is 34.2 Å². The maximum absolute atomic E-state index is 12.1. The summed E-state index contributed by atoms with van der Waals surface area (Å²) >= 11 is 6.09. The number of hydrogen-bond acceptors (Lipinski definition) is 3. The van der Waals surface area contributed by atoms with Crippen LogP contribution in [0, 0.1) is 0 Å². The highest BCUT2D eigenvalue weighted by Gasteiger charge is 2.32. The van der Waals surface area contributed by atoms with Crippen LogP contribution in [-0.4, -0.2) is 47.1 Å². The van der Waals surface area contributed by atoms with Gasteiger partial charge in [0, 0.05) is 59.6 Å². The van der Waals surface area contributed by atoms with Crippen LogP contribution < -0.4 is 4.90 Å². The first-order valence-corrected chi connectivity index (χ1v) is 9.04. The molecule has 0 aliphatic carbocycles. The van der Waals surface area contributed by atoms with Crippen LogP contribution in [0.25, 0.3) is 10.9 Å². The van der Waals surface area contributed by atoms with Crippen LogP contribution in [0.5, 0.6) is 0 Å². The fourth-order valence-electron chi connectivity index (χ4n) is 3.72. The van der Waals surface area contributed by atoms with Crippen molar-refractivity contribution in [1.82, 2.24) is 9.88 Å². The molecule has 1 atom stereocenters. The van der Waals surface area contributed by atoms with Gasteiger partial charge in [-0.1, -0.05) is 35.9 Å². The SMILES string of the molecule is O=C(O)[C@@H](c1c[nH]c2ccccc12)N1CCN(c2cccc(Cl)c2)CC1. The van der Waals surface area contributed by atoms with Crippen molar-refractivity contribution in [3.8, 4) is 0 Å². The van der Waals surface area contributed by atoms with Crippen LogP contribution in [-0.2, 0) is 4.79 Å². The van der Waals surface area contributed by atoms with E-state index in [1.807, 2.05) is 59.6 Å². The highest BCUT2D eigenvalue weighted by molar-refractivity contribution is 6.30. The number of carbonyl (C=O) groups is 1. The Labute approximate surface area is 156 Å². The molecule has 5 nitrogen and oxygen atoms in total. The van der Waals surface area contributed by atoms with Gasteiger partial charge in [0.15, 0.2) is 0 Å². The first kappa shape index (κ1) is 16.9. The zero-order chi connectivity index (χ0) is 18.1. The second-order valence-electron chi connectivity index (χ2n) is 6.53. The third-order valence-corrected chi connectivity index (χ3v) is 5.24. The van der Waals surface area contributed by atoms with E-state index < -0.39 is 12.0 Å². The lowest BCUT2D eigenvalue weighted by molar-refractivity contribution is -0.143. The number of H-pyrrole nitrogens is 1. The van der Waals surface area contributed by atoms with Crippen molar-refractivity contribution in [2.24, 2.45) is 0 Å². The highest BCUT2D eigenvalue weighted by Crippen LogP contribution is 2.30. The average molecular weight is 370 g/mol. The van der Waals surface area contributed by atoms with Crippen LogP contribution in [0.3, 0.4) is 0 Å². The van der Waals surface area contributed by atoms with E-state index in [9.17, 15) is 9.90 Å². The normalized spacial score (nSPS) is 16.7. The minimum atomic E-state index is -0.814. The first-order valence-electron chi connectivity index (χ1n) is 8.67. The molecule has 6 heteroatoms. The Bertz CT molecular complexity index is 931. The third-order valence-electron chi connectivity index (χ3n) is 5.00. The van der Waals surface area contributed by atoms with Gasteiger partial charge >= 0.3 is 5.97 Å². The number of nitrogens with one attached hydrogen (secondary N) is 1. The van der Waals surface area contributed by atoms with Gasteiger partial charge < -0.3 is 15.0 Å². The van der Waals surface area contributed by atoms with E-state index in [0.29, 0.717) is 18.1 Å². The molecule has 0 spiro atoms. The van der Waals surface area contributed by atoms with Gasteiger partial charge in [-0.15, -0.1) is 0 Å². The molecule has 2 aromatic carbocycles. The Balaban J connectivity index is 1.55. The number of aliphatic carboxylic acids is 1. The van der Waals surface area contributed by atoms with Gasteiger partial charge in [0.05, 0.1) is 0 Å². The van der Waals surface area contributed by atoms with Crippen molar-refractivity contribution in [3.05, 3.63) is 65.3 Å². The molecular weight excluding hydrogens is 350 g/mol. The Morgan fingerprint density at radius 1 is 1.08 bits per heavy atom. The second-order valence-corrected chi connectivity index (χ2v) is 6.97. The Morgan fingerprint density at radius 2 is 1.85 bits per heavy atom. The average Bonchev–Trinajstić information content (AvgIpc) is 3.06. The zero-order valence-electron chi connectivity index (χ0n) is 14.2. The van der Waals surface area contributed by atoms with Gasteiger partial charge in [0.2, 0.25) is 0 Å². The van der Waals surface area contributed by atoms with E-state index in [1.165, 1.54) is 0 Å². The number of anilines is 1. The van der Waals surface area contributed by atoms with Crippen LogP contribution >= 0.6 is 11.6 Å². The van der Waals surface area contributed by atoms with Gasteiger partial charge in [-0.3, -0.25) is 9.69 Å². The van der Waals surface area contributed by atoms with Crippen molar-refractivity contribution < 1.29 is 9.90 Å². The number of halogens is 1. The number of benzene rings is 2. The molecule has 1 aliphatic heterocycles. The monoisotopic (exact) mass is 369 g/mol. The van der Waals surface area contributed by atoms with Crippen molar-refractivity contribution in [1.29, 1.82) is 0 Å². The number of rotatable bonds is 4. The summed E-state index contributed by atoms with van der Waals surface area (Å²) in [5, 5.41) is 11.6. The molecule has 1 fully saturated rings. The fourth-order valence-corrected chi connectivity index (χ4v) is 3.90. The maximum Gasteiger partial charge on any atom is 0.325 e. The molecule has 1 saturated heterocycles. The van der Waals surface area contributed by atoms with E-state index >= 15 is 0 Å². The maximum atomic E-state index is 12.1. The van der Waals surface area contributed by atoms with Crippen LogP contribution in [0.15, 0.2) is 54.7 Å². The van der Waals surface area contributed by atoms with E-state index in [4.69, 9.17) is 11.6 Å². The van der Waals surface area contributed by atoms with Crippen molar-refractivity contribution in [2.45, 2.75) is 6.04 Å². The molecule has 134 valence electrons. The Morgan fingerprint density at radius 3 is 2.58 bits per heavy atom. The number of carboxylic acids is 1. The summed E-state index contributed by atoms with van der Waals surface area (Å²) in [6, 6.07) is 15.0. The van der Waals surface area contributed by atoms with Crippen molar-refractivity contribution in [3.63, 3.8) is 0 Å². The second kappa shape index (κ2) is 7.02. The Hall–Kier alpha value is -2.50. The standard InChI is InChI=1S/C20H20ClN3O2/c21-14-4-3-5-15(12-14)23-8-10-24(11-9-23)19(20(25)26)17-13-22-18-7-2-1-6-16(17)18/h1-7,12-13,19,22H,8-11H2,(H,25,26)/t19-/m1/s1. The molecule has 2 N–H and O–H groups in total. The number of fused-ring (bicyclic) bond motifs is 1. The Kier molecular flexibility index (Phi) is 4.57. The molecule has 0 amide bonds. The topological polar surface area (TPSA) is 59.6 Å². The van der Waals surface area contributed by atoms with Gasteiger partial charge in [-0.05, 0) is 24.3 Å². The van der Waals surface area contributed by atoms with Gasteiger partial charge in [-0.2, -0.15) is 0 Å². The first-order chi connectivity index (χ1) is 12.6. The lowest BCUT2D eigenvalue weighted by Crippen LogP contribution is -2.49. The molecule has 4 rings (SSSR count). The predicted molar refractivity (Wildman–Crippen MR) is 104 cm³/mol. The summed E-state index contributed by atoms with van der Waals surface area (Å²) in [4.78, 5) is 19.5. The zero-order valence-corrected chi connectivity index (χ0v) is 15.0. The molecular formula is C20H20ClN3O2. The predicted octanol–water partition coefficient (Wildman–Crippen LogP) is 3.77. The number of carboxylic acid groups (broad SMARTS) is 1. The molecule has 3 aromatic rings. The minimum absolute atomic E-state index is 0.646. The molecule has 0 unspecified atom stereocenters. The van der Waals surface area contributed by atoms with E-state index in [-0.39, 0.29) is 0 Å². The summed E-state index contributed by atoms with van der Waals surface area (Å²) in [5.74, 6) is -0.814. The van der Waals surface area contributed by atoms with Crippen LogP contribution in [0.1, 0.15) is 11.6 Å². The third kappa shape index (κ3) is 3.16. The van der Waals surface area contributed by atoms with E-state index in [2.05, 4.69) is 9.88 Å². The van der Waals surface area contributed by atoms with Gasteiger partial charge in [-0.25, -0.2) is 0 Å².